The molecule has 0 bridgehead atoms. The van der Waals surface area contributed by atoms with Crippen molar-refractivity contribution in [1.82, 2.24) is 10.6 Å². The predicted octanol–water partition coefficient (Wildman–Crippen LogP) is 1.16. The van der Waals surface area contributed by atoms with Gasteiger partial charge >= 0.3 is 5.97 Å². The zero-order valence-electron chi connectivity index (χ0n) is 11.3. The summed E-state index contributed by atoms with van der Waals surface area (Å²) in [5, 5.41) is 13.6. The Morgan fingerprint density at radius 2 is 1.95 bits per heavy atom. The summed E-state index contributed by atoms with van der Waals surface area (Å²) in [5.41, 5.74) is 0. The van der Waals surface area contributed by atoms with Gasteiger partial charge in [-0.15, -0.1) is 11.3 Å². The summed E-state index contributed by atoms with van der Waals surface area (Å²) in [6.45, 7) is 2.25. The summed E-state index contributed by atoms with van der Waals surface area (Å²) < 4.78 is 0. The van der Waals surface area contributed by atoms with Gasteiger partial charge < -0.3 is 15.7 Å². The normalized spacial score (nSPS) is 10.1. The molecule has 1 aromatic heterocycles. The number of thiophene rings is 1. The Labute approximate surface area is 121 Å². The Balaban J connectivity index is 2.13. The number of aliphatic carboxylic acids is 1. The second-order valence-corrected chi connectivity index (χ2v) is 5.58. The van der Waals surface area contributed by atoms with Crippen LogP contribution in [0.4, 0.5) is 0 Å². The summed E-state index contributed by atoms with van der Waals surface area (Å²) in [7, 11) is 0. The van der Waals surface area contributed by atoms with Crippen LogP contribution < -0.4 is 10.6 Å². The minimum Gasteiger partial charge on any atom is -0.481 e. The number of amides is 2. The van der Waals surface area contributed by atoms with Crippen LogP contribution in [0, 0.1) is 6.92 Å². The van der Waals surface area contributed by atoms with Gasteiger partial charge in [0.1, 0.15) is 0 Å². The van der Waals surface area contributed by atoms with E-state index in [1.165, 1.54) is 11.3 Å². The molecule has 7 heteroatoms. The van der Waals surface area contributed by atoms with Crippen molar-refractivity contribution < 1.29 is 19.5 Å². The smallest absolute Gasteiger partial charge is 0.303 e. The molecule has 0 radical (unpaired) electrons. The van der Waals surface area contributed by atoms with E-state index in [9.17, 15) is 14.4 Å². The van der Waals surface area contributed by atoms with E-state index in [0.717, 1.165) is 4.88 Å². The lowest BCUT2D eigenvalue weighted by Crippen LogP contribution is -2.37. The van der Waals surface area contributed by atoms with Crippen molar-refractivity contribution in [3.8, 4) is 0 Å². The maximum Gasteiger partial charge on any atom is 0.303 e. The molecular weight excluding hydrogens is 280 g/mol. The summed E-state index contributed by atoms with van der Waals surface area (Å²) in [6.07, 6.45) is 1.23. The van der Waals surface area contributed by atoms with Gasteiger partial charge in [0.15, 0.2) is 0 Å². The maximum absolute atomic E-state index is 11.7. The fourth-order valence-electron chi connectivity index (χ4n) is 1.50. The first-order valence-corrected chi connectivity index (χ1v) is 7.14. The number of nitrogens with one attached hydrogen (secondary N) is 2. The molecule has 0 saturated heterocycles. The van der Waals surface area contributed by atoms with Crippen molar-refractivity contribution in [2.24, 2.45) is 0 Å². The van der Waals surface area contributed by atoms with Gasteiger partial charge in [0.2, 0.25) is 5.91 Å². The lowest BCUT2D eigenvalue weighted by molar-refractivity contribution is -0.137. The average molecular weight is 298 g/mol. The Hall–Kier alpha value is -1.89. The summed E-state index contributed by atoms with van der Waals surface area (Å²) >= 11 is 1.38. The lowest BCUT2D eigenvalue weighted by Gasteiger charge is -2.05. The molecule has 1 heterocycles. The molecule has 0 aliphatic rings. The van der Waals surface area contributed by atoms with Crippen LogP contribution in [-0.4, -0.2) is 36.0 Å². The minimum atomic E-state index is -0.838. The largest absolute Gasteiger partial charge is 0.481 e. The zero-order valence-corrected chi connectivity index (χ0v) is 12.1. The van der Waals surface area contributed by atoms with E-state index in [2.05, 4.69) is 10.6 Å². The molecule has 0 unspecified atom stereocenters. The van der Waals surface area contributed by atoms with Crippen LogP contribution in [-0.2, 0) is 9.59 Å². The molecule has 0 atom stereocenters. The Bertz CT molecular complexity index is 484. The van der Waals surface area contributed by atoms with E-state index in [1.807, 2.05) is 13.0 Å². The van der Waals surface area contributed by atoms with Gasteiger partial charge in [0.25, 0.3) is 5.91 Å². The molecule has 0 aliphatic carbocycles. The van der Waals surface area contributed by atoms with Gasteiger partial charge in [-0.25, -0.2) is 0 Å². The maximum atomic E-state index is 11.7. The van der Waals surface area contributed by atoms with E-state index in [-0.39, 0.29) is 24.8 Å². The first-order valence-electron chi connectivity index (χ1n) is 6.32. The number of carbonyl (C=O) groups excluding carboxylic acids is 2. The van der Waals surface area contributed by atoms with Crippen molar-refractivity contribution in [2.75, 3.05) is 13.1 Å². The summed E-state index contributed by atoms with van der Waals surface area (Å²) in [5.74, 6) is -1.37. The minimum absolute atomic E-state index is 0.0747. The Morgan fingerprint density at radius 1 is 1.20 bits per heavy atom. The van der Waals surface area contributed by atoms with Crippen LogP contribution >= 0.6 is 11.3 Å². The molecule has 110 valence electrons. The van der Waals surface area contributed by atoms with Gasteiger partial charge in [-0.1, -0.05) is 0 Å². The lowest BCUT2D eigenvalue weighted by atomic mass is 10.2. The number of aryl methyl sites for hydroxylation is 1. The monoisotopic (exact) mass is 298 g/mol. The molecular formula is C13H18N2O4S. The molecule has 20 heavy (non-hydrogen) atoms. The molecule has 1 rings (SSSR count). The number of carboxylic acids is 1. The first kappa shape index (κ1) is 16.2. The highest BCUT2D eigenvalue weighted by atomic mass is 32.1. The van der Waals surface area contributed by atoms with Gasteiger partial charge in [-0.2, -0.15) is 0 Å². The number of rotatable bonds is 8. The van der Waals surface area contributed by atoms with Gasteiger partial charge in [-0.05, 0) is 31.9 Å². The fourth-order valence-corrected chi connectivity index (χ4v) is 2.28. The molecule has 2 amide bonds. The molecule has 0 saturated carbocycles. The van der Waals surface area contributed by atoms with E-state index < -0.39 is 5.97 Å². The van der Waals surface area contributed by atoms with Crippen LogP contribution in [0.2, 0.25) is 0 Å². The third-order valence-corrected chi connectivity index (χ3v) is 3.51. The van der Waals surface area contributed by atoms with Crippen molar-refractivity contribution in [1.29, 1.82) is 0 Å². The van der Waals surface area contributed by atoms with Crippen molar-refractivity contribution in [3.05, 3.63) is 21.9 Å². The van der Waals surface area contributed by atoms with Crippen LogP contribution in [0.25, 0.3) is 0 Å². The van der Waals surface area contributed by atoms with E-state index in [4.69, 9.17) is 5.11 Å². The van der Waals surface area contributed by atoms with Crippen molar-refractivity contribution >= 4 is 29.1 Å². The summed E-state index contributed by atoms with van der Waals surface area (Å²) in [6, 6.07) is 3.57. The van der Waals surface area contributed by atoms with E-state index >= 15 is 0 Å². The summed E-state index contributed by atoms with van der Waals surface area (Å²) in [4.78, 5) is 35.0. The molecule has 0 fully saturated rings. The third-order valence-electron chi connectivity index (χ3n) is 2.51. The standard InChI is InChI=1S/C13H18N2O4S/c1-9-5-6-10(20-9)13(19)15-8-11(16)14-7-3-2-4-12(17)18/h5-6H,2-4,7-8H2,1H3,(H,14,16)(H,15,19)(H,17,18). The van der Waals surface area contributed by atoms with Gasteiger partial charge in [0, 0.05) is 17.8 Å². The number of hydrogen-bond acceptors (Lipinski definition) is 4. The Morgan fingerprint density at radius 3 is 2.55 bits per heavy atom. The van der Waals surface area contributed by atoms with Gasteiger partial charge in [0.05, 0.1) is 11.4 Å². The quantitative estimate of drug-likeness (QED) is 0.627. The molecule has 1 aromatic rings. The Kier molecular flexibility index (Phi) is 6.72. The third kappa shape index (κ3) is 6.33. The first-order chi connectivity index (χ1) is 9.49. The van der Waals surface area contributed by atoms with Crippen LogP contribution in [0.3, 0.4) is 0 Å². The topological polar surface area (TPSA) is 95.5 Å². The molecule has 0 spiro atoms. The number of hydrogen-bond donors (Lipinski definition) is 3. The second-order valence-electron chi connectivity index (χ2n) is 4.29. The molecule has 6 nitrogen and oxygen atoms in total. The number of unbranched alkanes of at least 4 members (excludes halogenated alkanes) is 1. The van der Waals surface area contributed by atoms with E-state index in [0.29, 0.717) is 24.3 Å². The highest BCUT2D eigenvalue weighted by Crippen LogP contribution is 2.14. The molecule has 3 N–H and O–H groups in total. The van der Waals surface area contributed by atoms with Crippen LogP contribution in [0.5, 0.6) is 0 Å². The molecule has 0 aromatic carbocycles. The highest BCUT2D eigenvalue weighted by molar-refractivity contribution is 7.13. The predicted molar refractivity (Wildman–Crippen MR) is 75.9 cm³/mol. The van der Waals surface area contributed by atoms with Gasteiger partial charge in [-0.3, -0.25) is 14.4 Å². The van der Waals surface area contributed by atoms with Crippen LogP contribution in [0.1, 0.15) is 33.8 Å². The number of carboxylic acid groups (broad SMARTS) is 1. The van der Waals surface area contributed by atoms with Crippen molar-refractivity contribution in [2.45, 2.75) is 26.2 Å². The zero-order chi connectivity index (χ0) is 15.0. The highest BCUT2D eigenvalue weighted by Gasteiger charge is 2.09. The number of carbonyl (C=O) groups is 3. The second kappa shape index (κ2) is 8.31. The SMILES string of the molecule is Cc1ccc(C(=O)NCC(=O)NCCCCC(=O)O)s1. The van der Waals surface area contributed by atoms with Crippen molar-refractivity contribution in [3.63, 3.8) is 0 Å². The van der Waals surface area contributed by atoms with Crippen LogP contribution in [0.15, 0.2) is 12.1 Å². The fraction of sp³-hybridized carbons (Fsp3) is 0.462. The van der Waals surface area contributed by atoms with E-state index in [1.54, 1.807) is 6.07 Å². The average Bonchev–Trinajstić information content (AvgIpc) is 2.82. The molecule has 0 aliphatic heterocycles.